The number of rotatable bonds is 7. The number of thiophene rings is 1. The Labute approximate surface area is 116 Å². The van der Waals surface area contributed by atoms with E-state index in [4.69, 9.17) is 0 Å². The highest BCUT2D eigenvalue weighted by Gasteiger charge is 2.15. The molecule has 0 saturated carbocycles. The summed E-state index contributed by atoms with van der Waals surface area (Å²) in [5.74, 6) is 0.704. The topological polar surface area (TPSA) is 15.3 Å². The third kappa shape index (κ3) is 4.38. The zero-order valence-electron chi connectivity index (χ0n) is 12.7. The molecule has 1 aromatic rings. The maximum absolute atomic E-state index is 3.40. The Morgan fingerprint density at radius 3 is 2.56 bits per heavy atom. The molecule has 0 aromatic carbocycles. The molecule has 0 aliphatic rings. The molecule has 1 unspecified atom stereocenters. The van der Waals surface area contributed by atoms with E-state index in [0.717, 1.165) is 19.6 Å². The van der Waals surface area contributed by atoms with E-state index in [1.165, 1.54) is 15.3 Å². The van der Waals surface area contributed by atoms with E-state index in [2.05, 4.69) is 57.9 Å². The van der Waals surface area contributed by atoms with Gasteiger partial charge in [0.05, 0.1) is 0 Å². The molecule has 0 aliphatic carbocycles. The van der Waals surface area contributed by atoms with Crippen molar-refractivity contribution in [1.29, 1.82) is 0 Å². The Morgan fingerprint density at radius 2 is 2.00 bits per heavy atom. The summed E-state index contributed by atoms with van der Waals surface area (Å²) < 4.78 is 0. The van der Waals surface area contributed by atoms with E-state index in [0.29, 0.717) is 12.0 Å². The van der Waals surface area contributed by atoms with Crippen LogP contribution >= 0.6 is 11.3 Å². The quantitative estimate of drug-likeness (QED) is 0.812. The fourth-order valence-electron chi connectivity index (χ4n) is 2.00. The van der Waals surface area contributed by atoms with Gasteiger partial charge < -0.3 is 5.32 Å². The Bertz CT molecular complexity index is 357. The lowest BCUT2D eigenvalue weighted by molar-refractivity contribution is 0.200. The van der Waals surface area contributed by atoms with Crippen molar-refractivity contribution in [3.05, 3.63) is 21.4 Å². The van der Waals surface area contributed by atoms with Crippen molar-refractivity contribution in [1.82, 2.24) is 10.2 Å². The van der Waals surface area contributed by atoms with Crippen molar-refractivity contribution in [2.75, 3.05) is 13.6 Å². The van der Waals surface area contributed by atoms with Crippen LogP contribution in [0.3, 0.4) is 0 Å². The zero-order valence-corrected chi connectivity index (χ0v) is 13.5. The van der Waals surface area contributed by atoms with Gasteiger partial charge in [0.1, 0.15) is 0 Å². The average molecular weight is 268 g/mol. The van der Waals surface area contributed by atoms with Gasteiger partial charge in [0.2, 0.25) is 0 Å². The fourth-order valence-corrected chi connectivity index (χ4v) is 3.02. The Morgan fingerprint density at radius 1 is 1.33 bits per heavy atom. The van der Waals surface area contributed by atoms with Crippen LogP contribution in [0.15, 0.2) is 6.07 Å². The molecular weight excluding hydrogens is 240 g/mol. The number of aryl methyl sites for hydroxylation is 1. The first-order chi connectivity index (χ1) is 8.45. The second-order valence-corrected chi connectivity index (χ2v) is 6.82. The molecule has 0 radical (unpaired) electrons. The molecule has 0 bridgehead atoms. The van der Waals surface area contributed by atoms with Gasteiger partial charge in [0.25, 0.3) is 0 Å². The van der Waals surface area contributed by atoms with Crippen LogP contribution in [-0.2, 0) is 13.1 Å². The van der Waals surface area contributed by atoms with E-state index in [9.17, 15) is 0 Å². The second kappa shape index (κ2) is 7.27. The standard InChI is InChI=1S/C15H28N2S/c1-7-16-9-15-8-14(13(5)18-15)10-17(6)12(4)11(2)3/h8,11-12,16H,7,9-10H2,1-6H3. The lowest BCUT2D eigenvalue weighted by Gasteiger charge is -2.27. The SMILES string of the molecule is CCNCc1cc(CN(C)C(C)C(C)C)c(C)s1. The minimum absolute atomic E-state index is 0.626. The molecule has 0 aliphatic heterocycles. The Hall–Kier alpha value is -0.380. The van der Waals surface area contributed by atoms with Crippen LogP contribution in [0.25, 0.3) is 0 Å². The number of nitrogens with zero attached hydrogens (tertiary/aromatic N) is 1. The summed E-state index contributed by atoms with van der Waals surface area (Å²) in [6, 6.07) is 2.99. The minimum Gasteiger partial charge on any atom is -0.312 e. The van der Waals surface area contributed by atoms with Crippen LogP contribution in [0.1, 0.15) is 43.0 Å². The summed E-state index contributed by atoms with van der Waals surface area (Å²) in [4.78, 5) is 5.37. The minimum atomic E-state index is 0.626. The van der Waals surface area contributed by atoms with Crippen LogP contribution in [0.5, 0.6) is 0 Å². The lowest BCUT2D eigenvalue weighted by atomic mass is 10.0. The average Bonchev–Trinajstić information content (AvgIpc) is 2.66. The molecule has 1 aromatic heterocycles. The first-order valence-corrected chi connectivity index (χ1v) is 7.76. The molecule has 0 amide bonds. The summed E-state index contributed by atoms with van der Waals surface area (Å²) in [6.07, 6.45) is 0. The van der Waals surface area contributed by atoms with Crippen molar-refractivity contribution in [3.8, 4) is 0 Å². The van der Waals surface area contributed by atoms with E-state index in [1.807, 2.05) is 11.3 Å². The highest BCUT2D eigenvalue weighted by molar-refractivity contribution is 7.12. The molecule has 1 heterocycles. The summed E-state index contributed by atoms with van der Waals surface area (Å²) >= 11 is 1.93. The molecule has 0 saturated heterocycles. The van der Waals surface area contributed by atoms with Gasteiger partial charge >= 0.3 is 0 Å². The van der Waals surface area contributed by atoms with Gasteiger partial charge in [-0.2, -0.15) is 0 Å². The molecule has 1 N–H and O–H groups in total. The van der Waals surface area contributed by atoms with Gasteiger partial charge in [-0.15, -0.1) is 11.3 Å². The first-order valence-electron chi connectivity index (χ1n) is 6.94. The maximum Gasteiger partial charge on any atom is 0.0299 e. The summed E-state index contributed by atoms with van der Waals surface area (Å²) in [7, 11) is 2.23. The monoisotopic (exact) mass is 268 g/mol. The molecule has 0 fully saturated rings. The molecule has 18 heavy (non-hydrogen) atoms. The van der Waals surface area contributed by atoms with Crippen molar-refractivity contribution < 1.29 is 0 Å². The van der Waals surface area contributed by atoms with Crippen LogP contribution in [0, 0.1) is 12.8 Å². The molecule has 104 valence electrons. The summed E-state index contributed by atoms with van der Waals surface area (Å²) in [6.45, 7) is 14.4. The second-order valence-electron chi connectivity index (χ2n) is 5.47. The third-order valence-electron chi connectivity index (χ3n) is 3.70. The Balaban J connectivity index is 2.64. The van der Waals surface area contributed by atoms with Crippen molar-refractivity contribution in [3.63, 3.8) is 0 Å². The van der Waals surface area contributed by atoms with Gasteiger partial charge in [-0.25, -0.2) is 0 Å². The summed E-state index contributed by atoms with van der Waals surface area (Å²) in [5.41, 5.74) is 1.49. The predicted octanol–water partition coefficient (Wildman–Crippen LogP) is 3.64. The van der Waals surface area contributed by atoms with Crippen molar-refractivity contribution in [2.24, 2.45) is 5.92 Å². The van der Waals surface area contributed by atoms with E-state index >= 15 is 0 Å². The van der Waals surface area contributed by atoms with Gasteiger partial charge in [-0.3, -0.25) is 4.90 Å². The lowest BCUT2D eigenvalue weighted by Crippen LogP contribution is -2.32. The number of hydrogen-bond donors (Lipinski definition) is 1. The maximum atomic E-state index is 3.40. The van der Waals surface area contributed by atoms with Crippen molar-refractivity contribution >= 4 is 11.3 Å². The normalized spacial score (nSPS) is 13.6. The van der Waals surface area contributed by atoms with Crippen LogP contribution < -0.4 is 5.32 Å². The smallest absolute Gasteiger partial charge is 0.0299 e. The Kier molecular flexibility index (Phi) is 6.33. The first kappa shape index (κ1) is 15.7. The van der Waals surface area contributed by atoms with Gasteiger partial charge in [-0.1, -0.05) is 20.8 Å². The third-order valence-corrected chi connectivity index (χ3v) is 4.79. The van der Waals surface area contributed by atoms with Crippen molar-refractivity contribution in [2.45, 2.75) is 53.8 Å². The van der Waals surface area contributed by atoms with Crippen LogP contribution in [-0.4, -0.2) is 24.5 Å². The van der Waals surface area contributed by atoms with Gasteiger partial charge in [-0.05, 0) is 45.0 Å². The fraction of sp³-hybridized carbons (Fsp3) is 0.733. The van der Waals surface area contributed by atoms with E-state index < -0.39 is 0 Å². The van der Waals surface area contributed by atoms with Gasteiger partial charge in [0, 0.05) is 28.9 Å². The van der Waals surface area contributed by atoms with Gasteiger partial charge in [0.15, 0.2) is 0 Å². The molecule has 1 atom stereocenters. The number of nitrogens with one attached hydrogen (secondary N) is 1. The molecular formula is C15H28N2S. The molecule has 0 spiro atoms. The number of hydrogen-bond acceptors (Lipinski definition) is 3. The molecule has 2 nitrogen and oxygen atoms in total. The van der Waals surface area contributed by atoms with E-state index in [-0.39, 0.29) is 0 Å². The zero-order chi connectivity index (χ0) is 13.7. The molecule has 3 heteroatoms. The van der Waals surface area contributed by atoms with Crippen LogP contribution in [0.2, 0.25) is 0 Å². The summed E-state index contributed by atoms with van der Waals surface area (Å²) in [5, 5.41) is 3.40. The highest BCUT2D eigenvalue weighted by atomic mass is 32.1. The molecule has 1 rings (SSSR count). The van der Waals surface area contributed by atoms with Crippen LogP contribution in [0.4, 0.5) is 0 Å². The largest absolute Gasteiger partial charge is 0.312 e. The predicted molar refractivity (Wildman–Crippen MR) is 82.2 cm³/mol. The highest BCUT2D eigenvalue weighted by Crippen LogP contribution is 2.24. The van der Waals surface area contributed by atoms with E-state index in [1.54, 1.807) is 0 Å².